The molecule has 1 aliphatic rings. The van der Waals surface area contributed by atoms with Crippen LogP contribution in [0.4, 0.5) is 13.2 Å². The molecule has 0 heterocycles. The molecule has 1 rings (SSSR count). The lowest BCUT2D eigenvalue weighted by Gasteiger charge is -2.40. The minimum atomic E-state index is -5.37. The Bertz CT molecular complexity index is 393. The molecular weight excluding hydrogens is 271 g/mol. The van der Waals surface area contributed by atoms with Crippen molar-refractivity contribution in [2.24, 2.45) is 5.41 Å². The van der Waals surface area contributed by atoms with Gasteiger partial charge in [0.25, 0.3) is 0 Å². The zero-order chi connectivity index (χ0) is 14.2. The minimum Gasteiger partial charge on any atom is -0.389 e. The number of nitrogens with one attached hydrogen (secondary N) is 1. The fourth-order valence-electron chi connectivity index (χ4n) is 1.88. The molecule has 0 aliphatic heterocycles. The lowest BCUT2D eigenvalue weighted by atomic mass is 9.71. The second kappa shape index (κ2) is 4.64. The second-order valence-electron chi connectivity index (χ2n) is 5.66. The molecule has 1 saturated carbocycles. The van der Waals surface area contributed by atoms with E-state index in [9.17, 15) is 26.7 Å². The van der Waals surface area contributed by atoms with E-state index >= 15 is 0 Å². The van der Waals surface area contributed by atoms with Crippen molar-refractivity contribution in [2.45, 2.75) is 50.6 Å². The van der Waals surface area contributed by atoms with Crippen molar-refractivity contribution in [3.63, 3.8) is 0 Å². The number of halogens is 3. The Balaban J connectivity index is 2.60. The Morgan fingerprint density at radius 3 is 2.00 bits per heavy atom. The van der Waals surface area contributed by atoms with Crippen molar-refractivity contribution < 1.29 is 26.7 Å². The molecule has 0 unspecified atom stereocenters. The van der Waals surface area contributed by atoms with Gasteiger partial charge in [-0.2, -0.15) is 13.2 Å². The zero-order valence-corrected chi connectivity index (χ0v) is 11.2. The largest absolute Gasteiger partial charge is 0.511 e. The molecule has 0 aromatic heterocycles. The highest BCUT2D eigenvalue weighted by molar-refractivity contribution is 7.90. The van der Waals surface area contributed by atoms with E-state index in [1.807, 2.05) is 13.8 Å². The van der Waals surface area contributed by atoms with Gasteiger partial charge in [0, 0.05) is 6.54 Å². The van der Waals surface area contributed by atoms with Gasteiger partial charge in [-0.3, -0.25) is 0 Å². The maximum absolute atomic E-state index is 12.1. The zero-order valence-electron chi connectivity index (χ0n) is 10.3. The summed E-state index contributed by atoms with van der Waals surface area (Å²) in [5.41, 5.74) is -6.68. The first-order valence-electron chi connectivity index (χ1n) is 5.65. The summed E-state index contributed by atoms with van der Waals surface area (Å²) in [7, 11) is -5.37. The monoisotopic (exact) mass is 289 g/mol. The van der Waals surface area contributed by atoms with Crippen LogP contribution in [0.3, 0.4) is 0 Å². The highest BCUT2D eigenvalue weighted by atomic mass is 32.2. The maximum Gasteiger partial charge on any atom is 0.511 e. The van der Waals surface area contributed by atoms with Crippen molar-refractivity contribution in [2.75, 3.05) is 6.54 Å². The molecule has 0 saturated heterocycles. The van der Waals surface area contributed by atoms with Crippen LogP contribution in [0.15, 0.2) is 0 Å². The third-order valence-corrected chi connectivity index (χ3v) is 4.56. The summed E-state index contributed by atoms with van der Waals surface area (Å²) in [6.07, 6.45) is 1.88. The highest BCUT2D eigenvalue weighted by Crippen LogP contribution is 2.40. The molecule has 0 spiro atoms. The lowest BCUT2D eigenvalue weighted by molar-refractivity contribution is -0.0475. The third-order valence-electron chi connectivity index (χ3n) is 3.43. The number of alkyl halides is 3. The normalized spacial score (nSPS) is 23.9. The molecule has 4 nitrogen and oxygen atoms in total. The number of sulfonamides is 1. The molecule has 108 valence electrons. The fourth-order valence-corrected chi connectivity index (χ4v) is 2.50. The number of hydrogen-bond acceptors (Lipinski definition) is 3. The number of hydrogen-bond donors (Lipinski definition) is 2. The van der Waals surface area contributed by atoms with Crippen LogP contribution < -0.4 is 4.72 Å². The minimum absolute atomic E-state index is 0.0368. The van der Waals surface area contributed by atoms with Crippen LogP contribution in [-0.2, 0) is 10.0 Å². The summed E-state index contributed by atoms with van der Waals surface area (Å²) < 4.78 is 59.4. The van der Waals surface area contributed by atoms with Crippen LogP contribution in [0.25, 0.3) is 0 Å². The first-order chi connectivity index (χ1) is 7.87. The van der Waals surface area contributed by atoms with E-state index in [4.69, 9.17) is 0 Å². The molecule has 1 aliphatic carbocycles. The Hall–Kier alpha value is -0.340. The van der Waals surface area contributed by atoms with E-state index in [-0.39, 0.29) is 5.41 Å². The molecule has 0 aromatic rings. The smallest absolute Gasteiger partial charge is 0.389 e. The van der Waals surface area contributed by atoms with Gasteiger partial charge in [0.2, 0.25) is 0 Å². The van der Waals surface area contributed by atoms with Crippen LogP contribution in [-0.4, -0.2) is 31.2 Å². The van der Waals surface area contributed by atoms with Crippen molar-refractivity contribution >= 4 is 10.0 Å². The lowest BCUT2D eigenvalue weighted by Crippen LogP contribution is -2.49. The van der Waals surface area contributed by atoms with Gasteiger partial charge in [-0.25, -0.2) is 13.1 Å². The van der Waals surface area contributed by atoms with Gasteiger partial charge < -0.3 is 5.11 Å². The molecule has 0 radical (unpaired) electrons. The molecule has 8 heteroatoms. The van der Waals surface area contributed by atoms with E-state index in [0.717, 1.165) is 0 Å². The first kappa shape index (κ1) is 15.7. The van der Waals surface area contributed by atoms with Crippen molar-refractivity contribution in [1.29, 1.82) is 0 Å². The Morgan fingerprint density at radius 2 is 1.61 bits per heavy atom. The van der Waals surface area contributed by atoms with Crippen LogP contribution in [0.5, 0.6) is 0 Å². The molecule has 18 heavy (non-hydrogen) atoms. The topological polar surface area (TPSA) is 66.4 Å². The van der Waals surface area contributed by atoms with E-state index in [1.54, 1.807) is 0 Å². The molecule has 0 amide bonds. The number of rotatable bonds is 3. The molecular formula is C10H18F3NO3S. The van der Waals surface area contributed by atoms with E-state index in [0.29, 0.717) is 25.7 Å². The van der Waals surface area contributed by atoms with Crippen molar-refractivity contribution in [1.82, 2.24) is 4.72 Å². The van der Waals surface area contributed by atoms with Crippen molar-refractivity contribution in [3.05, 3.63) is 0 Å². The summed E-state index contributed by atoms with van der Waals surface area (Å²) in [4.78, 5) is 0. The number of aliphatic hydroxyl groups is 1. The summed E-state index contributed by atoms with van der Waals surface area (Å²) in [6.45, 7) is 3.42. The molecule has 0 bridgehead atoms. The molecule has 0 atom stereocenters. The fraction of sp³-hybridized carbons (Fsp3) is 1.00. The van der Waals surface area contributed by atoms with Crippen LogP contribution >= 0.6 is 0 Å². The van der Waals surface area contributed by atoms with Gasteiger partial charge >= 0.3 is 15.5 Å². The average Bonchev–Trinajstić information content (AvgIpc) is 2.19. The predicted octanol–water partition coefficient (Wildman–Crippen LogP) is 1.76. The Morgan fingerprint density at radius 1 is 1.17 bits per heavy atom. The first-order valence-corrected chi connectivity index (χ1v) is 7.14. The molecule has 1 fully saturated rings. The quantitative estimate of drug-likeness (QED) is 0.832. The predicted molar refractivity (Wildman–Crippen MR) is 60.2 cm³/mol. The SMILES string of the molecule is CC1(C)CCC(O)(CNS(=O)(=O)C(F)(F)F)CC1. The van der Waals surface area contributed by atoms with E-state index in [2.05, 4.69) is 0 Å². The summed E-state index contributed by atoms with van der Waals surface area (Å²) in [6, 6.07) is 0. The summed E-state index contributed by atoms with van der Waals surface area (Å²) in [5.74, 6) is 0. The van der Waals surface area contributed by atoms with E-state index < -0.39 is 27.7 Å². The maximum atomic E-state index is 12.1. The van der Waals surface area contributed by atoms with Gasteiger partial charge in [-0.1, -0.05) is 13.8 Å². The van der Waals surface area contributed by atoms with Gasteiger partial charge in [0.1, 0.15) is 0 Å². The van der Waals surface area contributed by atoms with Gasteiger partial charge in [-0.15, -0.1) is 0 Å². The molecule has 2 N–H and O–H groups in total. The summed E-state index contributed by atoms with van der Waals surface area (Å²) >= 11 is 0. The Labute approximate surface area is 105 Å². The van der Waals surface area contributed by atoms with Crippen LogP contribution in [0.1, 0.15) is 39.5 Å². The highest BCUT2D eigenvalue weighted by Gasteiger charge is 2.47. The molecule has 0 aromatic carbocycles. The van der Waals surface area contributed by atoms with Gasteiger partial charge in [0.15, 0.2) is 0 Å². The van der Waals surface area contributed by atoms with Gasteiger partial charge in [0.05, 0.1) is 5.60 Å². The second-order valence-corrected chi connectivity index (χ2v) is 7.42. The van der Waals surface area contributed by atoms with E-state index in [1.165, 1.54) is 4.72 Å². The van der Waals surface area contributed by atoms with Crippen LogP contribution in [0, 0.1) is 5.41 Å². The van der Waals surface area contributed by atoms with Crippen LogP contribution in [0.2, 0.25) is 0 Å². The third kappa shape index (κ3) is 3.83. The van der Waals surface area contributed by atoms with Crippen molar-refractivity contribution in [3.8, 4) is 0 Å². The van der Waals surface area contributed by atoms with Gasteiger partial charge in [-0.05, 0) is 31.1 Å². The Kier molecular flexibility index (Phi) is 4.06. The average molecular weight is 289 g/mol. The standard InChI is InChI=1S/C10H18F3NO3S/c1-8(2)3-5-9(15,6-4-8)7-14-18(16,17)10(11,12)13/h14-15H,3-7H2,1-2H3. The summed E-state index contributed by atoms with van der Waals surface area (Å²) in [5, 5.41) is 10.0.